The van der Waals surface area contributed by atoms with E-state index in [0.717, 1.165) is 24.2 Å². The second-order valence-electron chi connectivity index (χ2n) is 23.3. The summed E-state index contributed by atoms with van der Waals surface area (Å²) in [5.74, 6) is 9.51. The molecule has 0 aromatic heterocycles. The summed E-state index contributed by atoms with van der Waals surface area (Å²) in [6.45, 7) is 19.3. The first-order valence-electron chi connectivity index (χ1n) is 27.2. The number of cyclic esters (lactones) is 1. The van der Waals surface area contributed by atoms with E-state index in [0.29, 0.717) is 73.1 Å². The summed E-state index contributed by atoms with van der Waals surface area (Å²) in [6.07, 6.45) is 2.34. The number of nitrogens with one attached hydrogen (secondary N) is 1. The lowest BCUT2D eigenvalue weighted by Gasteiger charge is -2.62. The number of benzene rings is 2. The Kier molecular flexibility index (Phi) is 21.8. The second-order valence-corrected chi connectivity index (χ2v) is 28.5. The molecule has 16 atom stereocenters. The molecule has 11 rings (SSSR count). The van der Waals surface area contributed by atoms with Gasteiger partial charge < -0.3 is 40.6 Å². The van der Waals surface area contributed by atoms with E-state index in [4.69, 9.17) is 31.0 Å². The Bertz CT molecular complexity index is 2240. The van der Waals surface area contributed by atoms with Crippen LogP contribution in [0.4, 0.5) is 8.78 Å². The minimum Gasteiger partial charge on any atom is -0.495 e. The third-order valence-corrected chi connectivity index (χ3v) is 18.5. The normalized spacial score (nSPS) is 34.3. The van der Waals surface area contributed by atoms with Gasteiger partial charge in [-0.15, -0.1) is 17.4 Å². The highest BCUT2D eigenvalue weighted by Gasteiger charge is 2.59. The number of fused-ring (bicyclic) bond motifs is 5. The van der Waals surface area contributed by atoms with E-state index in [1.807, 2.05) is 0 Å². The third-order valence-electron chi connectivity index (χ3n) is 17.3. The highest BCUT2D eigenvalue weighted by atomic mass is 79.9. The zero-order chi connectivity index (χ0) is 56.2. The van der Waals surface area contributed by atoms with Crippen LogP contribution >= 0.6 is 31.9 Å². The molecule has 6 aliphatic carbocycles. The molecule has 4 bridgehead atoms. The van der Waals surface area contributed by atoms with Crippen molar-refractivity contribution in [2.75, 3.05) is 27.4 Å². The Morgan fingerprint density at radius 3 is 1.74 bits per heavy atom. The fraction of sp³-hybridized carbons (Fsp3) is 0.745. The van der Waals surface area contributed by atoms with Crippen LogP contribution in [0.3, 0.4) is 0 Å². The molecule has 0 spiro atoms. The van der Waals surface area contributed by atoms with E-state index >= 15 is 0 Å². The van der Waals surface area contributed by atoms with E-state index in [2.05, 4.69) is 96.1 Å². The molecule has 2 aromatic carbocycles. The number of nitrogens with zero attached hydrogens (tertiary/aromatic N) is 2. The molecule has 2 aromatic rings. The van der Waals surface area contributed by atoms with Crippen LogP contribution in [0.15, 0.2) is 33.2 Å². The molecular weight excluding hydrogens is 1100 g/mol. The van der Waals surface area contributed by atoms with Crippen molar-refractivity contribution in [1.82, 2.24) is 15.4 Å². The lowest BCUT2D eigenvalue weighted by molar-refractivity contribution is -0.195. The number of aliphatic hydroxyl groups is 3. The average Bonchev–Trinajstić information content (AvgIpc) is 3.98. The van der Waals surface area contributed by atoms with Crippen LogP contribution < -0.4 is 20.5 Å². The zero-order valence-corrected chi connectivity index (χ0v) is 50.5. The van der Waals surface area contributed by atoms with Crippen molar-refractivity contribution in [3.8, 4) is 11.5 Å². The van der Waals surface area contributed by atoms with Gasteiger partial charge in [-0.3, -0.25) is 19.3 Å². The summed E-state index contributed by atoms with van der Waals surface area (Å²) in [7, 11) is 2.97. The largest absolute Gasteiger partial charge is 0.495 e. The Labute approximate surface area is 462 Å². The maximum Gasteiger partial charge on any atom is 0.326 e. The van der Waals surface area contributed by atoms with Crippen LogP contribution in [0.5, 0.6) is 11.5 Å². The topological polar surface area (TPSA) is 186 Å². The number of aliphatic hydroxyl groups excluding tert-OH is 3. The van der Waals surface area contributed by atoms with Crippen molar-refractivity contribution in [3.05, 3.63) is 56.0 Å². The lowest BCUT2D eigenvalue weighted by atomic mass is 9.45. The molecule has 418 valence electrons. The number of methoxy groups -OCH3 is 2. The molecule has 9 aliphatic rings. The van der Waals surface area contributed by atoms with Gasteiger partial charge in [0, 0.05) is 30.5 Å². The fourth-order valence-electron chi connectivity index (χ4n) is 13.1. The van der Waals surface area contributed by atoms with E-state index in [-0.39, 0.29) is 64.4 Å². The Balaban J connectivity index is 0.000000216. The van der Waals surface area contributed by atoms with E-state index in [1.165, 1.54) is 67.9 Å². The maximum atomic E-state index is 14.2. The first-order chi connectivity index (χ1) is 35.1. The van der Waals surface area contributed by atoms with Gasteiger partial charge in [0.05, 0.1) is 61.5 Å². The molecule has 74 heavy (non-hydrogen) atoms. The first kappa shape index (κ1) is 61.2. The quantitative estimate of drug-likeness (QED) is 0.106. The first-order valence-corrected chi connectivity index (χ1v) is 31.5. The van der Waals surface area contributed by atoms with Crippen LogP contribution in [-0.2, 0) is 37.1 Å². The number of esters is 1. The van der Waals surface area contributed by atoms with Gasteiger partial charge in [-0.1, -0.05) is 55.4 Å². The number of ether oxygens (including phenoxy) is 3. The standard InChI is InChI=1S/C25H36BrFN2O5.C15H17BrFNO5.C10H19N.C2H6.3CH3.Al/c1-12-17-7-15(25(17,3)4)8-19(12)28-24(32)22-21(13(2)31)20(11-30)34-29(22)10-14-6-16(27)9-18(26)23(14)33-5;1-7-12-11(6-19)23-18(13(12)15(20)22-7)5-8-3-9(17)4-10(16)14(8)21-2;1-6-8-4-7(5-9(6)11)10(8,2)3;1-2;;;;/h6,9,12-13,15,17,19-22,30-31H,7-8,10-11H2,1-5H3,(H,28,32);3-4,7,11-13,19H,5-6H2,1-2H3;6-9H,4-5,11H2,1-3H3;1-2H3;3*1H3;/t12-,13-,15+,17-,19-,20-,21+,22-;7-,11-,12+,13-;6-,7+,8-,9-;;;;;/m000...../s1/i;;;1D;;;;. The van der Waals surface area contributed by atoms with E-state index in [1.54, 1.807) is 20.8 Å². The van der Waals surface area contributed by atoms with Crippen molar-refractivity contribution in [3.63, 3.8) is 0 Å². The Hall–Kier alpha value is -1.99. The predicted molar refractivity (Wildman–Crippen MR) is 291 cm³/mol. The SMILES string of the molecule is COc1c(Br)cc(F)cc1CN1O[C@@H](CO)[C@@H]([C@H](C)O)[C@H]1C(=O)N[C@H]1C[C@H]2C[C@@H]([C@@H]1C)C2(C)C.COc1c(Br)cc(F)cc1CN1O[C@@H](CO)[C@H]2[C@H](C)OC(=O)[C@H]21.C[C@@H]1[C@@H](N)C[C@H]2C[C@@H]1C2(C)C.[2H]CC.[CH3][Al]([CH3])[CH3]. The van der Waals surface area contributed by atoms with Crippen LogP contribution in [0.25, 0.3) is 0 Å². The van der Waals surface area contributed by atoms with Gasteiger partial charge in [0.2, 0.25) is 5.91 Å². The molecule has 14 nitrogen and oxygen atoms in total. The molecule has 19 heteroatoms. The lowest BCUT2D eigenvalue weighted by Crippen LogP contribution is -2.62. The highest BCUT2D eigenvalue weighted by molar-refractivity contribution is 9.11. The van der Waals surface area contributed by atoms with Gasteiger partial charge in [-0.2, -0.15) is 10.1 Å². The average molecular weight is 1190 g/mol. The summed E-state index contributed by atoms with van der Waals surface area (Å²) >= 11 is 6.44. The third kappa shape index (κ3) is 13.4. The second kappa shape index (κ2) is 26.3. The number of carbonyl (C=O) groups is 2. The van der Waals surface area contributed by atoms with Gasteiger partial charge in [-0.25, -0.2) is 8.78 Å². The van der Waals surface area contributed by atoms with Crippen molar-refractivity contribution in [2.45, 2.75) is 174 Å². The maximum absolute atomic E-state index is 14.2. The Morgan fingerprint density at radius 1 is 0.865 bits per heavy atom. The molecular formula is C55H87AlBr2F2N4O10. The number of rotatable bonds is 11. The summed E-state index contributed by atoms with van der Waals surface area (Å²) in [4.78, 5) is 37.4. The highest BCUT2D eigenvalue weighted by Crippen LogP contribution is 2.62. The summed E-state index contributed by atoms with van der Waals surface area (Å²) in [6, 6.07) is 4.36. The van der Waals surface area contributed by atoms with Gasteiger partial charge in [0.1, 0.15) is 53.5 Å². The number of carbonyl (C=O) groups excluding carboxylic acids is 2. The summed E-state index contributed by atoms with van der Waals surface area (Å²) < 4.78 is 51.0. The molecule has 6 N–H and O–H groups in total. The Morgan fingerprint density at radius 2 is 1.32 bits per heavy atom. The van der Waals surface area contributed by atoms with Gasteiger partial charge in [-0.05, 0) is 142 Å². The van der Waals surface area contributed by atoms with Crippen LogP contribution in [-0.4, -0.2) is 127 Å². The van der Waals surface area contributed by atoms with Crippen molar-refractivity contribution in [1.29, 1.82) is 0 Å². The smallest absolute Gasteiger partial charge is 0.326 e. The zero-order valence-electron chi connectivity index (χ0n) is 47.2. The monoisotopic (exact) mass is 1190 g/mol. The van der Waals surface area contributed by atoms with Gasteiger partial charge >= 0.3 is 5.97 Å². The molecule has 3 aliphatic heterocycles. The molecule has 9 fully saturated rings. The van der Waals surface area contributed by atoms with Crippen LogP contribution in [0, 0.1) is 69.8 Å². The van der Waals surface area contributed by atoms with Crippen LogP contribution in [0.2, 0.25) is 17.4 Å². The number of halogens is 4. The number of hydroxylamine groups is 4. The number of amides is 1. The number of hydrogen-bond donors (Lipinski definition) is 5. The summed E-state index contributed by atoms with van der Waals surface area (Å²) in [5, 5.41) is 36.1. The molecule has 1 amide bonds. The van der Waals surface area contributed by atoms with E-state index in [9.17, 15) is 33.7 Å². The van der Waals surface area contributed by atoms with Crippen molar-refractivity contribution in [2.24, 2.45) is 63.9 Å². The van der Waals surface area contributed by atoms with Crippen molar-refractivity contribution >= 4 is 57.9 Å². The molecule has 0 radical (unpaired) electrons. The molecule has 6 saturated carbocycles. The molecule has 0 unspecified atom stereocenters. The number of nitrogens with two attached hydrogens (primary N) is 1. The summed E-state index contributed by atoms with van der Waals surface area (Å²) in [5.41, 5.74) is 7.95. The van der Waals surface area contributed by atoms with Crippen molar-refractivity contribution < 1.29 is 58.9 Å². The minimum absolute atomic E-state index is 0.0480. The van der Waals surface area contributed by atoms with Gasteiger partial charge in [0.25, 0.3) is 14.1 Å². The fourth-order valence-corrected chi connectivity index (χ4v) is 14.4. The predicted octanol–water partition coefficient (Wildman–Crippen LogP) is 9.31. The van der Waals surface area contributed by atoms with Gasteiger partial charge in [0.15, 0.2) is 0 Å². The molecule has 3 saturated heterocycles. The number of hydrogen-bond acceptors (Lipinski definition) is 13. The minimum atomic E-state index is -0.893. The van der Waals surface area contributed by atoms with Crippen LogP contribution in [0.1, 0.15) is 107 Å². The van der Waals surface area contributed by atoms with E-state index < -0.39 is 53.9 Å². The molecule has 3 heterocycles.